The van der Waals surface area contributed by atoms with E-state index in [-0.39, 0.29) is 23.4 Å². The largest absolute Gasteiger partial charge is 0.278 e. The first-order valence-electron chi connectivity index (χ1n) is 8.38. The zero-order valence-electron chi connectivity index (χ0n) is 14.7. The van der Waals surface area contributed by atoms with E-state index in [4.69, 9.17) is 0 Å². The van der Waals surface area contributed by atoms with Gasteiger partial charge in [0.2, 0.25) is 5.91 Å². The molecule has 3 rings (SSSR count). The highest BCUT2D eigenvalue weighted by molar-refractivity contribution is 7.89. The van der Waals surface area contributed by atoms with Crippen molar-refractivity contribution in [2.24, 2.45) is 0 Å². The zero-order chi connectivity index (χ0) is 20.1. The van der Waals surface area contributed by atoms with Crippen LogP contribution in [0.5, 0.6) is 0 Å². The first-order valence-corrected chi connectivity index (χ1v) is 9.86. The number of nitro groups is 1. The molecule has 3 aromatic carbocycles. The number of fused-ring (bicyclic) bond motifs is 1. The molecule has 0 aliphatic rings. The minimum absolute atomic E-state index is 0.0264. The highest BCUT2D eigenvalue weighted by Gasteiger charge is 2.16. The van der Waals surface area contributed by atoms with E-state index < -0.39 is 20.9 Å². The van der Waals surface area contributed by atoms with Gasteiger partial charge in [-0.3, -0.25) is 20.3 Å². The molecule has 0 unspecified atom stereocenters. The molecule has 9 heteroatoms. The summed E-state index contributed by atoms with van der Waals surface area (Å²) in [5, 5.41) is 12.4. The molecule has 0 aliphatic heterocycles. The summed E-state index contributed by atoms with van der Waals surface area (Å²) in [4.78, 5) is 24.3. The summed E-state index contributed by atoms with van der Waals surface area (Å²) in [5.41, 5.74) is 2.72. The van der Waals surface area contributed by atoms with Crippen LogP contribution in [0.2, 0.25) is 0 Å². The van der Waals surface area contributed by atoms with Gasteiger partial charge in [0.1, 0.15) is 0 Å². The Morgan fingerprint density at radius 3 is 2.46 bits per heavy atom. The molecule has 0 fully saturated rings. The maximum atomic E-state index is 12.4. The molecule has 0 spiro atoms. The molecule has 0 aromatic heterocycles. The second-order valence-electron chi connectivity index (χ2n) is 6.09. The second-order valence-corrected chi connectivity index (χ2v) is 7.77. The maximum Gasteiger partial charge on any atom is 0.269 e. The number of benzene rings is 3. The van der Waals surface area contributed by atoms with Gasteiger partial charge in [-0.25, -0.2) is 8.42 Å². The molecule has 144 valence electrons. The lowest BCUT2D eigenvalue weighted by molar-refractivity contribution is -0.384. The number of rotatable bonds is 7. The van der Waals surface area contributed by atoms with Crippen LogP contribution < -0.4 is 10.3 Å². The average Bonchev–Trinajstić information content (AvgIpc) is 2.70. The highest BCUT2D eigenvalue weighted by atomic mass is 32.2. The predicted octanol–water partition coefficient (Wildman–Crippen LogP) is 2.69. The Bertz CT molecular complexity index is 1150. The molecule has 2 N–H and O–H groups in total. The number of carbonyl (C=O) groups is 1. The van der Waals surface area contributed by atoms with E-state index in [1.807, 2.05) is 18.2 Å². The molecule has 1 amide bonds. The van der Waals surface area contributed by atoms with Gasteiger partial charge in [0.15, 0.2) is 0 Å². The number of non-ortho nitro benzene ring substituents is 1. The third kappa shape index (κ3) is 4.70. The van der Waals surface area contributed by atoms with Crippen molar-refractivity contribution in [3.63, 3.8) is 0 Å². The van der Waals surface area contributed by atoms with Gasteiger partial charge in [0, 0.05) is 18.6 Å². The summed E-state index contributed by atoms with van der Waals surface area (Å²) in [7, 11) is -3.92. The van der Waals surface area contributed by atoms with Crippen LogP contribution in [-0.2, 0) is 21.2 Å². The van der Waals surface area contributed by atoms with Crippen molar-refractivity contribution in [2.75, 3.05) is 0 Å². The first-order chi connectivity index (χ1) is 13.3. The van der Waals surface area contributed by atoms with Gasteiger partial charge >= 0.3 is 0 Å². The molecule has 0 atom stereocenters. The van der Waals surface area contributed by atoms with Crippen LogP contribution in [-0.4, -0.2) is 19.2 Å². The number of sulfonamides is 1. The predicted molar refractivity (Wildman–Crippen MR) is 104 cm³/mol. The number of nitrogens with zero attached hydrogens (tertiary/aromatic N) is 1. The quantitative estimate of drug-likeness (QED) is 0.468. The Kier molecular flexibility index (Phi) is 5.67. The zero-order valence-corrected chi connectivity index (χ0v) is 15.5. The van der Waals surface area contributed by atoms with Crippen molar-refractivity contribution in [2.45, 2.75) is 17.7 Å². The van der Waals surface area contributed by atoms with Crippen molar-refractivity contribution >= 4 is 32.4 Å². The van der Waals surface area contributed by atoms with E-state index in [1.54, 1.807) is 18.2 Å². The van der Waals surface area contributed by atoms with Crippen LogP contribution >= 0.6 is 0 Å². The monoisotopic (exact) mass is 399 g/mol. The van der Waals surface area contributed by atoms with Gasteiger partial charge in [-0.2, -0.15) is 0 Å². The molecule has 0 saturated carbocycles. The lowest BCUT2D eigenvalue weighted by Gasteiger charge is -2.09. The summed E-state index contributed by atoms with van der Waals surface area (Å²) in [6, 6.07) is 17.9. The molecule has 3 aromatic rings. The molecule has 0 bridgehead atoms. The summed E-state index contributed by atoms with van der Waals surface area (Å²) < 4.78 is 24.7. The first kappa shape index (κ1) is 19.5. The Balaban J connectivity index is 1.59. The van der Waals surface area contributed by atoms with Gasteiger partial charge in [-0.05, 0) is 34.9 Å². The highest BCUT2D eigenvalue weighted by Crippen LogP contribution is 2.18. The normalized spacial score (nSPS) is 11.3. The van der Waals surface area contributed by atoms with Crippen LogP contribution in [0.4, 0.5) is 5.69 Å². The number of aryl methyl sites for hydroxylation is 1. The Morgan fingerprint density at radius 2 is 1.71 bits per heavy atom. The third-order valence-corrected chi connectivity index (χ3v) is 5.36. The van der Waals surface area contributed by atoms with E-state index in [1.165, 1.54) is 30.3 Å². The fourth-order valence-electron chi connectivity index (χ4n) is 2.66. The average molecular weight is 399 g/mol. The fourth-order valence-corrected chi connectivity index (χ4v) is 3.56. The standard InChI is InChI=1S/C19H17N3O5S/c23-19(11-8-14-4-3-7-17(12-14)22(24)25)20-21-28(26,27)18-10-9-15-5-1-2-6-16(15)13-18/h1-7,9-10,12-13,21H,8,11H2,(H,20,23). The van der Waals surface area contributed by atoms with E-state index in [0.717, 1.165) is 10.8 Å². The van der Waals surface area contributed by atoms with Gasteiger partial charge in [-0.15, -0.1) is 4.83 Å². The number of amides is 1. The molecule has 0 radical (unpaired) electrons. The topological polar surface area (TPSA) is 118 Å². The summed E-state index contributed by atoms with van der Waals surface area (Å²) >= 11 is 0. The van der Waals surface area contributed by atoms with Crippen LogP contribution in [0.25, 0.3) is 10.8 Å². The van der Waals surface area contributed by atoms with Crippen molar-refractivity contribution in [3.05, 3.63) is 82.4 Å². The fraction of sp³-hybridized carbons (Fsp3) is 0.105. The van der Waals surface area contributed by atoms with Gasteiger partial charge in [0.25, 0.3) is 15.7 Å². The SMILES string of the molecule is O=C(CCc1cccc([N+](=O)[O-])c1)NNS(=O)(=O)c1ccc2ccccc2c1. The molecular formula is C19H17N3O5S. The smallest absolute Gasteiger partial charge is 0.269 e. The van der Waals surface area contributed by atoms with Crippen molar-refractivity contribution < 1.29 is 18.1 Å². The molecular weight excluding hydrogens is 382 g/mol. The third-order valence-electron chi connectivity index (χ3n) is 4.12. The second kappa shape index (κ2) is 8.15. The van der Waals surface area contributed by atoms with Crippen LogP contribution in [0.3, 0.4) is 0 Å². The number of nitrogens with one attached hydrogen (secondary N) is 2. The van der Waals surface area contributed by atoms with Gasteiger partial charge in [-0.1, -0.05) is 42.5 Å². The Labute approximate surface area is 161 Å². The molecule has 8 nitrogen and oxygen atoms in total. The summed E-state index contributed by atoms with van der Waals surface area (Å²) in [5.74, 6) is -0.545. The van der Waals surface area contributed by atoms with E-state index >= 15 is 0 Å². The number of nitro benzene ring substituents is 1. The van der Waals surface area contributed by atoms with E-state index in [2.05, 4.69) is 10.3 Å². The Morgan fingerprint density at radius 1 is 0.964 bits per heavy atom. The minimum atomic E-state index is -3.92. The summed E-state index contributed by atoms with van der Waals surface area (Å²) in [6.45, 7) is 0. The van der Waals surface area contributed by atoms with Crippen molar-refractivity contribution in [1.82, 2.24) is 10.3 Å². The van der Waals surface area contributed by atoms with Crippen molar-refractivity contribution in [3.8, 4) is 0 Å². The molecule has 0 aliphatic carbocycles. The van der Waals surface area contributed by atoms with Crippen LogP contribution in [0.1, 0.15) is 12.0 Å². The van der Waals surface area contributed by atoms with Crippen molar-refractivity contribution in [1.29, 1.82) is 0 Å². The van der Waals surface area contributed by atoms with E-state index in [9.17, 15) is 23.3 Å². The summed E-state index contributed by atoms with van der Waals surface area (Å²) in [6.07, 6.45) is 0.215. The molecule has 0 heterocycles. The lowest BCUT2D eigenvalue weighted by Crippen LogP contribution is -2.41. The van der Waals surface area contributed by atoms with Crippen LogP contribution in [0.15, 0.2) is 71.6 Å². The van der Waals surface area contributed by atoms with Crippen LogP contribution in [0, 0.1) is 10.1 Å². The Hall–Kier alpha value is -3.30. The molecule has 28 heavy (non-hydrogen) atoms. The minimum Gasteiger partial charge on any atom is -0.278 e. The number of hydrogen-bond donors (Lipinski definition) is 2. The van der Waals surface area contributed by atoms with Gasteiger partial charge < -0.3 is 0 Å². The maximum absolute atomic E-state index is 12.4. The number of hydrogen-bond acceptors (Lipinski definition) is 5. The molecule has 0 saturated heterocycles. The number of carbonyl (C=O) groups excluding carboxylic acids is 1. The van der Waals surface area contributed by atoms with Gasteiger partial charge in [0.05, 0.1) is 9.82 Å². The van der Waals surface area contributed by atoms with E-state index in [0.29, 0.717) is 5.56 Å². The number of hydrazine groups is 1. The lowest BCUT2D eigenvalue weighted by atomic mass is 10.1.